The maximum absolute atomic E-state index is 12.6. The van der Waals surface area contributed by atoms with Crippen LogP contribution in [0.15, 0.2) is 0 Å². The van der Waals surface area contributed by atoms with Crippen LogP contribution in [-0.2, 0) is 32.8 Å². The van der Waals surface area contributed by atoms with Gasteiger partial charge in [-0.2, -0.15) is 12.6 Å². The van der Waals surface area contributed by atoms with Crippen LogP contribution >= 0.6 is 20.2 Å². The fraction of sp³-hybridized carbons (Fsp3) is 0.750. The predicted octanol–water partition coefficient (Wildman–Crippen LogP) is -0.562. The van der Waals surface area contributed by atoms with Gasteiger partial charge in [-0.1, -0.05) is 0 Å². The van der Waals surface area contributed by atoms with Gasteiger partial charge in [0.15, 0.2) is 0 Å². The highest BCUT2D eigenvalue weighted by molar-refractivity contribution is 7.80. The van der Waals surface area contributed by atoms with Gasteiger partial charge in [-0.05, 0) is 27.2 Å². The Kier molecular flexibility index (Phi) is 13.6. The Labute approximate surface area is 180 Å². The van der Waals surface area contributed by atoms with Crippen molar-refractivity contribution in [3.8, 4) is 0 Å². The summed E-state index contributed by atoms with van der Waals surface area (Å²) in [4.78, 5) is 46.7. The summed E-state index contributed by atoms with van der Waals surface area (Å²) in [5, 5.41) is 15.9. The number of hydrogen-bond donors (Lipinski definition) is 6. The third kappa shape index (κ3) is 10.4. The van der Waals surface area contributed by atoms with Crippen molar-refractivity contribution in [2.75, 3.05) is 25.5 Å². The lowest BCUT2D eigenvalue weighted by molar-refractivity contribution is -0.138. The smallest absolute Gasteiger partial charge is 0.352 e. The van der Waals surface area contributed by atoms with Crippen LogP contribution in [0.1, 0.15) is 33.6 Å². The number of rotatable bonds is 15. The second-order valence-electron chi connectivity index (χ2n) is 6.12. The minimum atomic E-state index is -3.54. The lowest BCUT2D eigenvalue weighted by Crippen LogP contribution is -2.50. The monoisotopic (exact) mass is 470 g/mol. The van der Waals surface area contributed by atoms with Crippen molar-refractivity contribution in [2.24, 2.45) is 5.73 Å². The first-order chi connectivity index (χ1) is 14.0. The number of carboxylic acids is 1. The topological polar surface area (TPSA) is 186 Å². The standard InChI is InChI=1S/C16H31N4O8PS/c1-4-27-29(26,28-5-2)10(3)19-14(22)8-18-15(23)12(9-30)20-13(21)7-6-11(17)16(24)25/h10-12,30H,4-9,17H2,1-3H3,(H,18,23)(H,19,22)(H,20,21)(H,24,25)/t10?,11-,12-/m0/s1. The molecule has 0 radical (unpaired) electrons. The molecule has 0 aromatic rings. The van der Waals surface area contributed by atoms with Gasteiger partial charge >= 0.3 is 13.6 Å². The van der Waals surface area contributed by atoms with Crippen LogP contribution < -0.4 is 21.7 Å². The molecule has 0 aliphatic carbocycles. The van der Waals surface area contributed by atoms with Crippen LogP contribution in [0.4, 0.5) is 0 Å². The van der Waals surface area contributed by atoms with Gasteiger partial charge in [0.2, 0.25) is 17.7 Å². The third-order valence-electron chi connectivity index (χ3n) is 3.72. The summed E-state index contributed by atoms with van der Waals surface area (Å²) in [7, 11) is -3.54. The van der Waals surface area contributed by atoms with Crippen molar-refractivity contribution in [3.05, 3.63) is 0 Å². The molecule has 0 bridgehead atoms. The molecule has 0 aromatic heterocycles. The molecule has 0 aliphatic rings. The highest BCUT2D eigenvalue weighted by Gasteiger charge is 2.33. The Morgan fingerprint density at radius 3 is 2.13 bits per heavy atom. The molecule has 3 amide bonds. The SMILES string of the molecule is CCOP(=O)(OCC)C(C)NC(=O)CNC(=O)[C@H](CS)NC(=O)CC[C@H](N)C(=O)O. The Bertz CT molecular complexity index is 641. The number of carbonyl (C=O) groups is 4. The molecule has 174 valence electrons. The van der Waals surface area contributed by atoms with Crippen LogP contribution in [0.5, 0.6) is 0 Å². The molecule has 12 nitrogen and oxygen atoms in total. The first-order valence-corrected chi connectivity index (χ1v) is 11.6. The van der Waals surface area contributed by atoms with E-state index in [1.54, 1.807) is 13.8 Å². The number of thiol groups is 1. The highest BCUT2D eigenvalue weighted by Crippen LogP contribution is 2.51. The summed E-state index contributed by atoms with van der Waals surface area (Å²) < 4.78 is 22.8. The zero-order chi connectivity index (χ0) is 23.3. The first kappa shape index (κ1) is 28.3. The number of carbonyl (C=O) groups excluding carboxylic acids is 3. The zero-order valence-corrected chi connectivity index (χ0v) is 19.0. The number of aliphatic carboxylic acids is 1. The van der Waals surface area contributed by atoms with Crippen molar-refractivity contribution in [1.82, 2.24) is 16.0 Å². The van der Waals surface area contributed by atoms with E-state index >= 15 is 0 Å². The zero-order valence-electron chi connectivity index (χ0n) is 17.3. The molecule has 0 heterocycles. The van der Waals surface area contributed by atoms with Gasteiger partial charge < -0.3 is 35.8 Å². The maximum Gasteiger partial charge on any atom is 0.352 e. The lowest BCUT2D eigenvalue weighted by atomic mass is 10.1. The van der Waals surface area contributed by atoms with Gasteiger partial charge in [0, 0.05) is 12.2 Å². The second-order valence-corrected chi connectivity index (χ2v) is 8.86. The Hall–Kier alpha value is -1.66. The molecule has 0 aliphatic heterocycles. The van der Waals surface area contributed by atoms with Gasteiger partial charge in [-0.3, -0.25) is 23.7 Å². The van der Waals surface area contributed by atoms with E-state index in [0.717, 1.165) is 0 Å². The quantitative estimate of drug-likeness (QED) is 0.135. The van der Waals surface area contributed by atoms with Gasteiger partial charge in [0.05, 0.1) is 19.8 Å². The van der Waals surface area contributed by atoms with Crippen molar-refractivity contribution in [2.45, 2.75) is 51.5 Å². The van der Waals surface area contributed by atoms with Crippen LogP contribution in [0.2, 0.25) is 0 Å². The van der Waals surface area contributed by atoms with Crippen LogP contribution in [0.3, 0.4) is 0 Å². The summed E-state index contributed by atoms with van der Waals surface area (Å²) in [6, 6.07) is -2.22. The van der Waals surface area contributed by atoms with Crippen LogP contribution in [0.25, 0.3) is 0 Å². The van der Waals surface area contributed by atoms with E-state index in [2.05, 4.69) is 28.6 Å². The molecule has 0 spiro atoms. The van der Waals surface area contributed by atoms with E-state index in [1.807, 2.05) is 0 Å². The van der Waals surface area contributed by atoms with E-state index in [1.165, 1.54) is 6.92 Å². The number of nitrogens with two attached hydrogens (primary N) is 1. The average molecular weight is 470 g/mol. The van der Waals surface area contributed by atoms with E-state index in [9.17, 15) is 23.7 Å². The Balaban J connectivity index is 4.59. The normalized spacial score (nSPS) is 14.3. The second kappa shape index (κ2) is 14.4. The number of hydrogen-bond acceptors (Lipinski definition) is 9. The highest BCUT2D eigenvalue weighted by atomic mass is 32.1. The largest absolute Gasteiger partial charge is 0.480 e. The number of nitrogens with one attached hydrogen (secondary N) is 3. The van der Waals surface area contributed by atoms with E-state index in [-0.39, 0.29) is 31.8 Å². The summed E-state index contributed by atoms with van der Waals surface area (Å²) >= 11 is 3.99. The molecule has 0 aromatic carbocycles. The lowest BCUT2D eigenvalue weighted by Gasteiger charge is -2.24. The van der Waals surface area contributed by atoms with Crippen molar-refractivity contribution in [1.29, 1.82) is 0 Å². The molecule has 0 rings (SSSR count). The molecule has 14 heteroatoms. The van der Waals surface area contributed by atoms with Crippen LogP contribution in [0, 0.1) is 0 Å². The third-order valence-corrected chi connectivity index (χ3v) is 6.40. The minimum Gasteiger partial charge on any atom is -0.480 e. The molecule has 6 N–H and O–H groups in total. The Morgan fingerprint density at radius 1 is 1.10 bits per heavy atom. The predicted molar refractivity (Wildman–Crippen MR) is 112 cm³/mol. The summed E-state index contributed by atoms with van der Waals surface area (Å²) in [5.41, 5.74) is 5.32. The van der Waals surface area contributed by atoms with Gasteiger partial charge in [-0.15, -0.1) is 0 Å². The maximum atomic E-state index is 12.6. The fourth-order valence-corrected chi connectivity index (χ4v) is 3.95. The van der Waals surface area contributed by atoms with Crippen molar-refractivity contribution >= 4 is 43.9 Å². The number of carboxylic acid groups (broad SMARTS) is 1. The van der Waals surface area contributed by atoms with Crippen molar-refractivity contribution < 1.29 is 37.9 Å². The molecule has 30 heavy (non-hydrogen) atoms. The van der Waals surface area contributed by atoms with Crippen molar-refractivity contribution in [3.63, 3.8) is 0 Å². The van der Waals surface area contributed by atoms with E-state index < -0.39 is 55.7 Å². The molecule has 0 fully saturated rings. The van der Waals surface area contributed by atoms with Gasteiger partial charge in [-0.25, -0.2) is 0 Å². The van der Waals surface area contributed by atoms with Gasteiger partial charge in [0.25, 0.3) is 0 Å². The Morgan fingerprint density at radius 2 is 1.67 bits per heavy atom. The first-order valence-electron chi connectivity index (χ1n) is 9.35. The molecular weight excluding hydrogens is 439 g/mol. The summed E-state index contributed by atoms with van der Waals surface area (Å²) in [6.07, 6.45) is -0.282. The summed E-state index contributed by atoms with van der Waals surface area (Å²) in [6.45, 7) is 4.57. The molecular formula is C16H31N4O8PS. The minimum absolute atomic E-state index is 0.0511. The van der Waals surface area contributed by atoms with Gasteiger partial charge in [0.1, 0.15) is 17.9 Å². The fourth-order valence-electron chi connectivity index (χ4n) is 2.15. The van der Waals surface area contributed by atoms with Crippen LogP contribution in [-0.4, -0.2) is 72.2 Å². The molecule has 0 saturated heterocycles. The average Bonchev–Trinajstić information content (AvgIpc) is 2.68. The van der Waals surface area contributed by atoms with E-state index in [0.29, 0.717) is 0 Å². The molecule has 3 atom stereocenters. The molecule has 1 unspecified atom stereocenters. The summed E-state index contributed by atoms with van der Waals surface area (Å²) in [5.74, 6) is -4.09. The van der Waals surface area contributed by atoms with E-state index in [4.69, 9.17) is 19.9 Å². The molecule has 0 saturated carbocycles. The number of amides is 3.